The zero-order valence-electron chi connectivity index (χ0n) is 25.5. The standard InChI is InChI=1S/C36H44B2S4/c1-3-5-7-9-11-25(23-37)21-27-13-15-31(41-27)33-29-17-19-40-36(29)34(30-18-20-39-35(30)33)32-16-14-28(42-32)22-26(24-38)12-10-8-6-4-2/h13-20,23-26,37-38H,3-12,21-22H2,1-2H3. The van der Waals surface area contributed by atoms with Gasteiger partial charge in [0.15, 0.2) is 0 Å². The number of rotatable bonds is 18. The molecule has 0 spiro atoms. The van der Waals surface area contributed by atoms with E-state index in [4.69, 9.17) is 0 Å². The number of thiophene rings is 4. The van der Waals surface area contributed by atoms with Gasteiger partial charge in [0.25, 0.3) is 0 Å². The van der Waals surface area contributed by atoms with Crippen LogP contribution in [0.3, 0.4) is 0 Å². The van der Waals surface area contributed by atoms with Crippen LogP contribution in [-0.4, -0.2) is 26.9 Å². The summed E-state index contributed by atoms with van der Waals surface area (Å²) in [5, 5.41) is 7.40. The van der Waals surface area contributed by atoms with Crippen molar-refractivity contribution < 1.29 is 0 Å². The third kappa shape index (κ3) is 7.54. The molecule has 4 aromatic heterocycles. The second-order valence-electron chi connectivity index (χ2n) is 11.7. The summed E-state index contributed by atoms with van der Waals surface area (Å²) in [6.07, 6.45) is 15.3. The summed E-state index contributed by atoms with van der Waals surface area (Å²) in [5.74, 6) is 5.52. The molecule has 0 saturated heterocycles. The molecule has 4 heterocycles. The van der Waals surface area contributed by atoms with Gasteiger partial charge in [-0.1, -0.05) is 0 Å². The van der Waals surface area contributed by atoms with Crippen LogP contribution in [0.2, 0.25) is 0 Å². The normalized spacial score (nSPS) is 13.1. The summed E-state index contributed by atoms with van der Waals surface area (Å²) in [4.78, 5) is 5.78. The Morgan fingerprint density at radius 3 is 1.45 bits per heavy atom. The van der Waals surface area contributed by atoms with Gasteiger partial charge in [-0.3, -0.25) is 0 Å². The molecule has 5 aromatic rings. The molecule has 2 atom stereocenters. The van der Waals surface area contributed by atoms with Gasteiger partial charge in [0.1, 0.15) is 0 Å². The van der Waals surface area contributed by atoms with Gasteiger partial charge in [0.05, 0.1) is 0 Å². The summed E-state index contributed by atoms with van der Waals surface area (Å²) < 4.78 is 2.86. The summed E-state index contributed by atoms with van der Waals surface area (Å²) in [7, 11) is 8.35. The fourth-order valence-electron chi connectivity index (χ4n) is 6.17. The molecule has 0 aliphatic heterocycles. The van der Waals surface area contributed by atoms with Crippen LogP contribution < -0.4 is 0 Å². The van der Waals surface area contributed by atoms with Crippen molar-refractivity contribution in [3.63, 3.8) is 0 Å². The summed E-state index contributed by atoms with van der Waals surface area (Å²) in [6.45, 7) is 4.57. The minimum atomic E-state index is 0.573. The molecule has 0 N–H and O–H groups in total. The monoisotopic (exact) mass is 626 g/mol. The fourth-order valence-corrected chi connectivity index (χ4v) is 10.6. The van der Waals surface area contributed by atoms with Gasteiger partial charge in [-0.15, -0.1) is 0 Å². The Hall–Kier alpha value is -1.59. The molecule has 218 valence electrons. The topological polar surface area (TPSA) is 0 Å². The summed E-state index contributed by atoms with van der Waals surface area (Å²) in [6, 6.07) is 14.2. The van der Waals surface area contributed by atoms with E-state index >= 15 is 0 Å². The van der Waals surface area contributed by atoms with Crippen molar-refractivity contribution in [3.8, 4) is 20.9 Å². The van der Waals surface area contributed by atoms with Gasteiger partial charge >= 0.3 is 273 Å². The molecule has 1 aromatic carbocycles. The van der Waals surface area contributed by atoms with E-state index in [0.29, 0.717) is 11.8 Å². The van der Waals surface area contributed by atoms with Crippen LogP contribution in [-0.2, 0) is 12.8 Å². The first-order valence-corrected chi connectivity index (χ1v) is 19.4. The van der Waals surface area contributed by atoms with Crippen molar-refractivity contribution in [2.24, 2.45) is 11.8 Å². The van der Waals surface area contributed by atoms with Crippen LogP contribution in [0.1, 0.15) is 87.8 Å². The van der Waals surface area contributed by atoms with Crippen LogP contribution >= 0.6 is 45.3 Å². The predicted octanol–water partition coefficient (Wildman–Crippen LogP) is 11.2. The molecule has 5 rings (SSSR count). The van der Waals surface area contributed by atoms with Gasteiger partial charge in [0, 0.05) is 0 Å². The summed E-state index contributed by atoms with van der Waals surface area (Å²) in [5.41, 5.74) is 2.87. The number of benzene rings is 1. The van der Waals surface area contributed by atoms with E-state index in [1.807, 2.05) is 45.3 Å². The number of unbranched alkanes of at least 4 members (excludes halogenated alkanes) is 6. The first kappa shape index (κ1) is 31.8. The van der Waals surface area contributed by atoms with Gasteiger partial charge in [-0.2, -0.15) is 0 Å². The van der Waals surface area contributed by atoms with E-state index in [1.165, 1.54) is 115 Å². The molecule has 0 bridgehead atoms. The van der Waals surface area contributed by atoms with Gasteiger partial charge in [0.2, 0.25) is 0 Å². The first-order chi connectivity index (χ1) is 20.7. The number of hydrogen-bond acceptors (Lipinski definition) is 4. The molecule has 6 heteroatoms. The maximum absolute atomic E-state index is 4.17. The zero-order valence-corrected chi connectivity index (χ0v) is 28.7. The Balaban J connectivity index is 1.41. The SMILES string of the molecule is B=CC(CCCCCC)Cc1ccc(-c2c3ccsc3c(-c3ccc(CC(C=B)CCCCCC)s3)c3ccsc23)s1. The third-order valence-corrected chi connectivity index (χ3v) is 12.7. The molecule has 0 amide bonds. The Morgan fingerprint density at radius 1 is 0.595 bits per heavy atom. The molecule has 0 fully saturated rings. The first-order valence-electron chi connectivity index (χ1n) is 16.0. The molecule has 0 aliphatic carbocycles. The second-order valence-corrected chi connectivity index (χ2v) is 15.9. The van der Waals surface area contributed by atoms with Gasteiger partial charge in [-0.05, 0) is 0 Å². The number of fused-ring (bicyclic) bond motifs is 2. The van der Waals surface area contributed by atoms with Crippen LogP contribution in [0.15, 0.2) is 47.2 Å². The molecule has 0 radical (unpaired) electrons. The van der Waals surface area contributed by atoms with Gasteiger partial charge < -0.3 is 0 Å². The van der Waals surface area contributed by atoms with Crippen LogP contribution in [0, 0.1) is 11.8 Å². The van der Waals surface area contributed by atoms with E-state index in [0.717, 1.165) is 12.8 Å². The van der Waals surface area contributed by atoms with Crippen molar-refractivity contribution in [3.05, 3.63) is 56.9 Å². The van der Waals surface area contributed by atoms with E-state index in [-0.39, 0.29) is 0 Å². The fraction of sp³-hybridized carbons (Fsp3) is 0.444. The molecule has 0 aliphatic rings. The Labute approximate surface area is 271 Å². The van der Waals surface area contributed by atoms with E-state index in [2.05, 4.69) is 87.9 Å². The Bertz CT molecular complexity index is 1420. The van der Waals surface area contributed by atoms with Crippen molar-refractivity contribution in [2.75, 3.05) is 0 Å². The van der Waals surface area contributed by atoms with Crippen LogP contribution in [0.4, 0.5) is 0 Å². The third-order valence-electron chi connectivity index (χ3n) is 8.59. The molecule has 2 unspecified atom stereocenters. The second kappa shape index (κ2) is 15.9. The molecule has 42 heavy (non-hydrogen) atoms. The van der Waals surface area contributed by atoms with Crippen LogP contribution in [0.25, 0.3) is 41.1 Å². The maximum atomic E-state index is 4.17. The average Bonchev–Trinajstić information content (AvgIpc) is 3.83. The molecular formula is C36H44B2S4. The molecule has 0 nitrogen and oxygen atoms in total. The number of hydrogen-bond donors (Lipinski definition) is 0. The molecular weight excluding hydrogens is 582 g/mol. The Morgan fingerprint density at radius 2 is 1.05 bits per heavy atom. The zero-order chi connectivity index (χ0) is 29.3. The quantitative estimate of drug-likeness (QED) is 0.0671. The minimum absolute atomic E-state index is 0.573. The van der Waals surface area contributed by atoms with Crippen molar-refractivity contribution >= 4 is 92.4 Å². The Kier molecular flexibility index (Phi) is 12.1. The van der Waals surface area contributed by atoms with E-state index in [9.17, 15) is 0 Å². The van der Waals surface area contributed by atoms with Gasteiger partial charge in [-0.25, -0.2) is 0 Å². The van der Waals surface area contributed by atoms with Crippen molar-refractivity contribution in [1.29, 1.82) is 0 Å². The predicted molar refractivity (Wildman–Crippen MR) is 202 cm³/mol. The average molecular weight is 627 g/mol. The van der Waals surface area contributed by atoms with Crippen molar-refractivity contribution in [2.45, 2.75) is 90.9 Å². The van der Waals surface area contributed by atoms with E-state index < -0.39 is 0 Å². The molecule has 0 saturated carbocycles. The van der Waals surface area contributed by atoms with Crippen molar-refractivity contribution in [1.82, 2.24) is 0 Å². The van der Waals surface area contributed by atoms with Crippen LogP contribution in [0.5, 0.6) is 0 Å². The van der Waals surface area contributed by atoms with E-state index in [1.54, 1.807) is 0 Å². The summed E-state index contributed by atoms with van der Waals surface area (Å²) >= 11 is 7.78.